The highest BCUT2D eigenvalue weighted by molar-refractivity contribution is 5.61. The van der Waals surface area contributed by atoms with E-state index in [1.807, 2.05) is 0 Å². The van der Waals surface area contributed by atoms with Gasteiger partial charge in [-0.15, -0.1) is 0 Å². The van der Waals surface area contributed by atoms with Crippen LogP contribution in [0, 0.1) is 17.5 Å². The number of nitrogens with zero attached hydrogens (tertiary/aromatic N) is 2. The Labute approximate surface area is 108 Å². The fourth-order valence-electron chi connectivity index (χ4n) is 2.74. The van der Waals surface area contributed by atoms with Gasteiger partial charge in [-0.2, -0.15) is 5.10 Å². The van der Waals surface area contributed by atoms with E-state index < -0.39 is 17.5 Å². The van der Waals surface area contributed by atoms with Crippen LogP contribution in [0.2, 0.25) is 0 Å². The summed E-state index contributed by atoms with van der Waals surface area (Å²) in [5, 5.41) is 4.17. The zero-order chi connectivity index (χ0) is 13.4. The van der Waals surface area contributed by atoms with Gasteiger partial charge in [-0.05, 0) is 18.9 Å². The summed E-state index contributed by atoms with van der Waals surface area (Å²) < 4.78 is 42.2. The number of rotatable bonds is 2. The van der Waals surface area contributed by atoms with Gasteiger partial charge in [-0.1, -0.05) is 12.8 Å². The van der Waals surface area contributed by atoms with Crippen LogP contribution >= 0.6 is 0 Å². The highest BCUT2D eigenvalue weighted by atomic mass is 19.1. The van der Waals surface area contributed by atoms with Crippen molar-refractivity contribution in [3.63, 3.8) is 0 Å². The van der Waals surface area contributed by atoms with Gasteiger partial charge in [-0.3, -0.25) is 4.68 Å². The molecule has 0 radical (unpaired) electrons. The summed E-state index contributed by atoms with van der Waals surface area (Å²) in [4.78, 5) is 0. The average molecular weight is 266 g/mol. The molecule has 0 atom stereocenters. The number of halogens is 3. The van der Waals surface area contributed by atoms with Gasteiger partial charge in [-0.25, -0.2) is 13.2 Å². The van der Waals surface area contributed by atoms with E-state index in [-0.39, 0.29) is 11.6 Å². The molecule has 1 aliphatic carbocycles. The summed E-state index contributed by atoms with van der Waals surface area (Å²) in [5.74, 6) is -2.69. The molecule has 0 spiro atoms. The van der Waals surface area contributed by atoms with Crippen LogP contribution < -0.4 is 0 Å². The standard InChI is InChI=1S/C14H13F3N2/c15-9-7-11(16)14(12(17)8-9)13-5-6-18-19(13)10-3-1-2-4-10/h5-8,10H,1-4H2. The normalized spacial score (nSPS) is 16.2. The Morgan fingerprint density at radius 2 is 1.68 bits per heavy atom. The lowest BCUT2D eigenvalue weighted by Gasteiger charge is -2.15. The molecule has 1 aromatic carbocycles. The van der Waals surface area contributed by atoms with E-state index in [1.165, 1.54) is 6.20 Å². The summed E-state index contributed by atoms with van der Waals surface area (Å²) >= 11 is 0. The molecule has 3 rings (SSSR count). The maximum atomic E-state index is 13.8. The van der Waals surface area contributed by atoms with Crippen molar-refractivity contribution >= 4 is 0 Å². The molecule has 1 saturated carbocycles. The molecule has 1 heterocycles. The molecule has 0 unspecified atom stereocenters. The smallest absolute Gasteiger partial charge is 0.138 e. The molecule has 1 aliphatic rings. The molecule has 0 saturated heterocycles. The fraction of sp³-hybridized carbons (Fsp3) is 0.357. The van der Waals surface area contributed by atoms with Gasteiger partial charge >= 0.3 is 0 Å². The minimum absolute atomic E-state index is 0.175. The SMILES string of the molecule is Fc1cc(F)c(-c2ccnn2C2CCCC2)c(F)c1. The van der Waals surface area contributed by atoms with E-state index in [9.17, 15) is 13.2 Å². The quantitative estimate of drug-likeness (QED) is 0.800. The molecule has 2 nitrogen and oxygen atoms in total. The molecule has 5 heteroatoms. The van der Waals surface area contributed by atoms with Crippen molar-refractivity contribution in [1.82, 2.24) is 9.78 Å². The zero-order valence-corrected chi connectivity index (χ0v) is 10.2. The van der Waals surface area contributed by atoms with E-state index in [0.29, 0.717) is 17.8 Å². The third-order valence-corrected chi connectivity index (χ3v) is 3.60. The van der Waals surface area contributed by atoms with Crippen LogP contribution in [0.5, 0.6) is 0 Å². The van der Waals surface area contributed by atoms with Crippen molar-refractivity contribution in [1.29, 1.82) is 0 Å². The Kier molecular flexibility index (Phi) is 3.05. The van der Waals surface area contributed by atoms with Crippen LogP contribution in [-0.2, 0) is 0 Å². The van der Waals surface area contributed by atoms with E-state index >= 15 is 0 Å². The topological polar surface area (TPSA) is 17.8 Å². The monoisotopic (exact) mass is 266 g/mol. The van der Waals surface area contributed by atoms with Gasteiger partial charge in [0, 0.05) is 18.3 Å². The number of benzene rings is 1. The molecule has 1 fully saturated rings. The van der Waals surface area contributed by atoms with E-state index in [4.69, 9.17) is 0 Å². The molecule has 0 amide bonds. The number of hydrogen-bond donors (Lipinski definition) is 0. The average Bonchev–Trinajstić information content (AvgIpc) is 2.96. The maximum Gasteiger partial charge on any atom is 0.138 e. The van der Waals surface area contributed by atoms with Crippen molar-refractivity contribution in [2.24, 2.45) is 0 Å². The van der Waals surface area contributed by atoms with Crippen molar-refractivity contribution < 1.29 is 13.2 Å². The lowest BCUT2D eigenvalue weighted by Crippen LogP contribution is -2.09. The van der Waals surface area contributed by atoms with Crippen LogP contribution in [-0.4, -0.2) is 9.78 Å². The number of hydrogen-bond acceptors (Lipinski definition) is 1. The maximum absolute atomic E-state index is 13.8. The van der Waals surface area contributed by atoms with Crippen LogP contribution in [0.15, 0.2) is 24.4 Å². The van der Waals surface area contributed by atoms with Crippen LogP contribution in [0.1, 0.15) is 31.7 Å². The highest BCUT2D eigenvalue weighted by Crippen LogP contribution is 2.34. The molecule has 0 aliphatic heterocycles. The zero-order valence-electron chi connectivity index (χ0n) is 10.2. The van der Waals surface area contributed by atoms with Crippen molar-refractivity contribution in [3.05, 3.63) is 41.8 Å². The molecule has 0 bridgehead atoms. The Morgan fingerprint density at radius 1 is 1.05 bits per heavy atom. The first-order chi connectivity index (χ1) is 9.16. The third kappa shape index (κ3) is 2.13. The Morgan fingerprint density at radius 3 is 2.32 bits per heavy atom. The molecule has 1 aromatic heterocycles. The van der Waals surface area contributed by atoms with Gasteiger partial charge in [0.2, 0.25) is 0 Å². The third-order valence-electron chi connectivity index (χ3n) is 3.60. The molecule has 0 N–H and O–H groups in total. The summed E-state index contributed by atoms with van der Waals surface area (Å²) in [6.45, 7) is 0. The van der Waals surface area contributed by atoms with E-state index in [1.54, 1.807) is 10.7 Å². The number of aromatic nitrogens is 2. The van der Waals surface area contributed by atoms with Crippen molar-refractivity contribution in [2.75, 3.05) is 0 Å². The summed E-state index contributed by atoms with van der Waals surface area (Å²) in [6, 6.07) is 3.14. The Bertz CT molecular complexity index is 577. The molecular weight excluding hydrogens is 253 g/mol. The van der Waals surface area contributed by atoms with Crippen LogP contribution in [0.3, 0.4) is 0 Å². The first kappa shape index (κ1) is 12.3. The summed E-state index contributed by atoms with van der Waals surface area (Å²) in [5.41, 5.74) is 0.174. The summed E-state index contributed by atoms with van der Waals surface area (Å²) in [6.07, 6.45) is 5.63. The second-order valence-corrected chi connectivity index (χ2v) is 4.84. The van der Waals surface area contributed by atoms with Crippen molar-refractivity contribution in [3.8, 4) is 11.3 Å². The van der Waals surface area contributed by atoms with Gasteiger partial charge in [0.25, 0.3) is 0 Å². The minimum Gasteiger partial charge on any atom is -0.262 e. The molecular formula is C14H13F3N2. The first-order valence-electron chi connectivity index (χ1n) is 6.35. The van der Waals surface area contributed by atoms with Gasteiger partial charge in [0.05, 0.1) is 17.3 Å². The van der Waals surface area contributed by atoms with Crippen LogP contribution in [0.4, 0.5) is 13.2 Å². The minimum atomic E-state index is -0.911. The fourth-order valence-corrected chi connectivity index (χ4v) is 2.74. The molecule has 2 aromatic rings. The van der Waals surface area contributed by atoms with Crippen LogP contribution in [0.25, 0.3) is 11.3 Å². The molecule has 100 valence electrons. The summed E-state index contributed by atoms with van der Waals surface area (Å²) in [7, 11) is 0. The first-order valence-corrected chi connectivity index (χ1v) is 6.35. The van der Waals surface area contributed by atoms with Gasteiger partial charge < -0.3 is 0 Å². The largest absolute Gasteiger partial charge is 0.262 e. The molecule has 19 heavy (non-hydrogen) atoms. The van der Waals surface area contributed by atoms with Gasteiger partial charge in [0.15, 0.2) is 0 Å². The van der Waals surface area contributed by atoms with Gasteiger partial charge in [0.1, 0.15) is 17.5 Å². The predicted molar refractivity (Wildman–Crippen MR) is 65.0 cm³/mol. The van der Waals surface area contributed by atoms with E-state index in [2.05, 4.69) is 5.10 Å². The highest BCUT2D eigenvalue weighted by Gasteiger charge is 2.23. The Balaban J connectivity index is 2.10. The second-order valence-electron chi connectivity index (χ2n) is 4.84. The second kappa shape index (κ2) is 4.72. The lowest BCUT2D eigenvalue weighted by molar-refractivity contribution is 0.467. The van der Waals surface area contributed by atoms with E-state index in [0.717, 1.165) is 25.7 Å². The Hall–Kier alpha value is -1.78. The van der Waals surface area contributed by atoms with Crippen molar-refractivity contribution in [2.45, 2.75) is 31.7 Å². The predicted octanol–water partition coefficient (Wildman–Crippen LogP) is 4.08. The lowest BCUT2D eigenvalue weighted by atomic mass is 10.1.